The Morgan fingerprint density at radius 2 is 0.932 bits per heavy atom. The second kappa shape index (κ2) is 13.4. The van der Waals surface area contributed by atoms with Crippen molar-refractivity contribution in [2.45, 2.75) is 0 Å². The number of rotatable bonds is 6. The molecule has 2 aromatic heterocycles. The quantitative estimate of drug-likeness (QED) is 0.158. The Kier molecular flexibility index (Phi) is 7.54. The Morgan fingerprint density at radius 1 is 0.339 bits per heavy atom. The number of benzene rings is 10. The van der Waals surface area contributed by atoms with E-state index in [0.717, 1.165) is 61.4 Å². The highest BCUT2D eigenvalue weighted by molar-refractivity contribution is 6.14. The summed E-state index contributed by atoms with van der Waals surface area (Å²) in [7, 11) is 0. The van der Waals surface area contributed by atoms with E-state index < -0.39 is 0 Å². The van der Waals surface area contributed by atoms with Gasteiger partial charge >= 0.3 is 0 Å². The van der Waals surface area contributed by atoms with Gasteiger partial charge in [-0.15, -0.1) is 0 Å². The third kappa shape index (κ3) is 5.36. The fraction of sp³-hybridized carbons (Fsp3) is 0. The van der Waals surface area contributed by atoms with Gasteiger partial charge in [-0.2, -0.15) is 0 Å². The SMILES string of the molecule is c1ccc(-c2ccc(-c3cc4ccccc4c4ccccc34)cc2N(c2ccc(-n3c4ccccc4c4ccccc43)cc2)c2ccc3c(c2)oc2ccccc23)cc1. The van der Waals surface area contributed by atoms with Gasteiger partial charge in [-0.3, -0.25) is 0 Å². The smallest absolute Gasteiger partial charge is 0.137 e. The number of aromatic nitrogens is 1. The summed E-state index contributed by atoms with van der Waals surface area (Å²) >= 11 is 0. The van der Waals surface area contributed by atoms with Crippen molar-refractivity contribution in [3.05, 3.63) is 218 Å². The molecule has 0 spiro atoms. The highest BCUT2D eigenvalue weighted by Crippen LogP contribution is 2.46. The van der Waals surface area contributed by atoms with E-state index in [2.05, 4.69) is 216 Å². The summed E-state index contributed by atoms with van der Waals surface area (Å²) in [4.78, 5) is 2.40. The van der Waals surface area contributed by atoms with Crippen LogP contribution in [0.15, 0.2) is 223 Å². The minimum absolute atomic E-state index is 0.855. The van der Waals surface area contributed by atoms with E-state index in [-0.39, 0.29) is 0 Å². The first kappa shape index (κ1) is 33.3. The summed E-state index contributed by atoms with van der Waals surface area (Å²) in [6.45, 7) is 0. The summed E-state index contributed by atoms with van der Waals surface area (Å²) in [5.41, 5.74) is 13.0. The predicted octanol–water partition coefficient (Wildman–Crippen LogP) is 15.8. The molecular formula is C56H36N2O. The van der Waals surface area contributed by atoms with Crippen LogP contribution in [0, 0.1) is 0 Å². The van der Waals surface area contributed by atoms with Crippen LogP contribution in [-0.2, 0) is 0 Å². The minimum atomic E-state index is 0.855. The van der Waals surface area contributed by atoms with Crippen molar-refractivity contribution >= 4 is 82.4 Å². The van der Waals surface area contributed by atoms with Crippen molar-refractivity contribution in [1.29, 1.82) is 0 Å². The van der Waals surface area contributed by atoms with Gasteiger partial charge in [-0.1, -0.05) is 146 Å². The lowest BCUT2D eigenvalue weighted by Crippen LogP contribution is -2.11. The molecule has 0 aliphatic rings. The third-order valence-electron chi connectivity index (χ3n) is 12.0. The molecule has 0 N–H and O–H groups in total. The van der Waals surface area contributed by atoms with E-state index in [1.165, 1.54) is 48.9 Å². The van der Waals surface area contributed by atoms with Crippen LogP contribution >= 0.6 is 0 Å². The average molecular weight is 753 g/mol. The molecule has 0 aliphatic carbocycles. The first-order valence-electron chi connectivity index (χ1n) is 20.2. The van der Waals surface area contributed by atoms with E-state index in [4.69, 9.17) is 4.42 Å². The van der Waals surface area contributed by atoms with E-state index in [1.54, 1.807) is 0 Å². The van der Waals surface area contributed by atoms with Crippen LogP contribution in [0.2, 0.25) is 0 Å². The number of hydrogen-bond donors (Lipinski definition) is 0. The highest BCUT2D eigenvalue weighted by atomic mass is 16.3. The monoisotopic (exact) mass is 752 g/mol. The number of hydrogen-bond acceptors (Lipinski definition) is 2. The molecule has 0 amide bonds. The zero-order valence-corrected chi connectivity index (χ0v) is 32.1. The predicted molar refractivity (Wildman–Crippen MR) is 249 cm³/mol. The molecule has 0 aliphatic heterocycles. The normalized spacial score (nSPS) is 11.7. The van der Waals surface area contributed by atoms with Crippen molar-refractivity contribution < 1.29 is 4.42 Å². The maximum absolute atomic E-state index is 6.53. The first-order valence-corrected chi connectivity index (χ1v) is 20.2. The number of fused-ring (bicyclic) bond motifs is 9. The average Bonchev–Trinajstić information content (AvgIpc) is 3.85. The lowest BCUT2D eigenvalue weighted by Gasteiger charge is -2.29. The molecule has 0 fully saturated rings. The second-order valence-corrected chi connectivity index (χ2v) is 15.3. The molecule has 0 saturated heterocycles. The van der Waals surface area contributed by atoms with Crippen LogP contribution in [0.3, 0.4) is 0 Å². The number of anilines is 3. The molecule has 12 rings (SSSR count). The summed E-state index contributed by atoms with van der Waals surface area (Å²) in [5.74, 6) is 0. The summed E-state index contributed by atoms with van der Waals surface area (Å²) in [6.07, 6.45) is 0. The topological polar surface area (TPSA) is 21.3 Å². The molecule has 12 aromatic rings. The van der Waals surface area contributed by atoms with Crippen LogP contribution < -0.4 is 4.90 Å². The standard InChI is InChI=1S/C56H36N2O/c1-2-14-37(15-3-1)44-32-26-39(51-34-38-16-4-5-17-43(38)45-18-6-7-19-46(45)51)35-54(44)57(42-31-33-50-49-22-10-13-25-55(49)59-56(50)36-42)40-27-29-41(30-28-40)58-52-23-11-8-20-47(52)48-21-9-12-24-53(48)58/h1-36H. The summed E-state index contributed by atoms with van der Waals surface area (Å²) in [6, 6.07) is 78.8. The van der Waals surface area contributed by atoms with Crippen molar-refractivity contribution in [2.24, 2.45) is 0 Å². The molecule has 0 bridgehead atoms. The number of para-hydroxylation sites is 3. The van der Waals surface area contributed by atoms with E-state index in [1.807, 2.05) is 12.1 Å². The van der Waals surface area contributed by atoms with Gasteiger partial charge in [0.05, 0.1) is 16.7 Å². The summed E-state index contributed by atoms with van der Waals surface area (Å²) in [5, 5.41) is 9.69. The van der Waals surface area contributed by atoms with Gasteiger partial charge in [0, 0.05) is 50.2 Å². The van der Waals surface area contributed by atoms with Gasteiger partial charge in [-0.05, 0) is 105 Å². The molecule has 2 heterocycles. The second-order valence-electron chi connectivity index (χ2n) is 15.3. The maximum Gasteiger partial charge on any atom is 0.137 e. The lowest BCUT2D eigenvalue weighted by molar-refractivity contribution is 0.669. The molecule has 0 unspecified atom stereocenters. The maximum atomic E-state index is 6.53. The van der Waals surface area contributed by atoms with Gasteiger partial charge in [0.1, 0.15) is 11.2 Å². The Balaban J connectivity index is 1.11. The van der Waals surface area contributed by atoms with Crippen molar-refractivity contribution in [2.75, 3.05) is 4.90 Å². The molecule has 59 heavy (non-hydrogen) atoms. The molecule has 10 aromatic carbocycles. The van der Waals surface area contributed by atoms with E-state index >= 15 is 0 Å². The molecular weight excluding hydrogens is 717 g/mol. The first-order chi connectivity index (χ1) is 29.3. The molecule has 0 atom stereocenters. The van der Waals surface area contributed by atoms with Gasteiger partial charge in [0.25, 0.3) is 0 Å². The lowest BCUT2D eigenvalue weighted by atomic mass is 9.91. The molecule has 3 nitrogen and oxygen atoms in total. The number of furan rings is 1. The molecule has 0 saturated carbocycles. The zero-order chi connectivity index (χ0) is 38.9. The van der Waals surface area contributed by atoms with Gasteiger partial charge in [-0.25, -0.2) is 0 Å². The fourth-order valence-electron chi connectivity index (χ4n) is 9.27. The zero-order valence-electron chi connectivity index (χ0n) is 32.1. The summed E-state index contributed by atoms with van der Waals surface area (Å²) < 4.78 is 8.91. The van der Waals surface area contributed by atoms with Crippen LogP contribution in [0.25, 0.3) is 93.2 Å². The molecule has 276 valence electrons. The van der Waals surface area contributed by atoms with Crippen LogP contribution in [0.1, 0.15) is 0 Å². The largest absolute Gasteiger partial charge is 0.456 e. The van der Waals surface area contributed by atoms with Crippen molar-refractivity contribution in [3.63, 3.8) is 0 Å². The van der Waals surface area contributed by atoms with Gasteiger partial charge in [0.15, 0.2) is 0 Å². The Labute approximate surface area is 341 Å². The molecule has 3 heteroatoms. The minimum Gasteiger partial charge on any atom is -0.456 e. The third-order valence-corrected chi connectivity index (χ3v) is 12.0. The van der Waals surface area contributed by atoms with Crippen molar-refractivity contribution in [3.8, 4) is 27.9 Å². The van der Waals surface area contributed by atoms with Crippen molar-refractivity contribution in [1.82, 2.24) is 4.57 Å². The Bertz CT molecular complexity index is 3500. The number of nitrogens with zero attached hydrogens (tertiary/aromatic N) is 2. The van der Waals surface area contributed by atoms with Gasteiger partial charge < -0.3 is 13.9 Å². The van der Waals surface area contributed by atoms with E-state index in [9.17, 15) is 0 Å². The molecule has 0 radical (unpaired) electrons. The van der Waals surface area contributed by atoms with E-state index in [0.29, 0.717) is 0 Å². The Hall–Kier alpha value is -7.88. The van der Waals surface area contributed by atoms with Crippen LogP contribution in [0.5, 0.6) is 0 Å². The highest BCUT2D eigenvalue weighted by Gasteiger charge is 2.22. The Morgan fingerprint density at radius 3 is 1.69 bits per heavy atom. The van der Waals surface area contributed by atoms with Crippen LogP contribution in [0.4, 0.5) is 17.1 Å². The van der Waals surface area contributed by atoms with Gasteiger partial charge in [0.2, 0.25) is 0 Å². The van der Waals surface area contributed by atoms with Crippen LogP contribution in [-0.4, -0.2) is 4.57 Å². The fourth-order valence-corrected chi connectivity index (χ4v) is 9.27.